The molecule has 2 aliphatic heterocycles. The summed E-state index contributed by atoms with van der Waals surface area (Å²) in [5.74, 6) is 1.63. The number of benzene rings is 1. The van der Waals surface area contributed by atoms with Crippen LogP contribution in [0.5, 0.6) is 11.5 Å². The van der Waals surface area contributed by atoms with E-state index in [2.05, 4.69) is 15.5 Å². The largest absolute Gasteiger partial charge is 0.454 e. The number of nitrogens with one attached hydrogen (secondary N) is 1. The SMILES string of the molecule is Cc1nc(-c2cc(S(=O)(=O)N3CCC(C(=O)Nc4ccc5c(c4)OCO5)CC3)c(C)s2)no1. The molecule has 0 spiro atoms. The number of fused-ring (bicyclic) bond motifs is 1. The molecule has 10 nitrogen and oxygen atoms in total. The fourth-order valence-corrected chi connectivity index (χ4v) is 6.90. The highest BCUT2D eigenvalue weighted by atomic mass is 32.2. The molecule has 1 aromatic carbocycles. The lowest BCUT2D eigenvalue weighted by atomic mass is 9.97. The van der Waals surface area contributed by atoms with Gasteiger partial charge in [0.15, 0.2) is 11.5 Å². The highest BCUT2D eigenvalue weighted by Crippen LogP contribution is 2.36. The van der Waals surface area contributed by atoms with Crippen LogP contribution in [0.3, 0.4) is 0 Å². The zero-order chi connectivity index (χ0) is 23.2. The summed E-state index contributed by atoms with van der Waals surface area (Å²) in [4.78, 5) is 18.5. The zero-order valence-electron chi connectivity index (χ0n) is 18.0. The molecule has 1 saturated heterocycles. The molecular formula is C21H22N4O6S2. The maximum atomic E-state index is 13.3. The molecule has 0 atom stereocenters. The van der Waals surface area contributed by atoms with E-state index in [1.54, 1.807) is 38.1 Å². The van der Waals surface area contributed by atoms with E-state index in [1.807, 2.05) is 0 Å². The van der Waals surface area contributed by atoms with Crippen LogP contribution >= 0.6 is 11.3 Å². The third kappa shape index (κ3) is 4.21. The van der Waals surface area contributed by atoms with E-state index in [4.69, 9.17) is 14.0 Å². The first-order valence-electron chi connectivity index (χ1n) is 10.4. The average molecular weight is 491 g/mol. The second-order valence-electron chi connectivity index (χ2n) is 7.90. The number of carbonyl (C=O) groups excluding carboxylic acids is 1. The van der Waals surface area contributed by atoms with Crippen LogP contribution in [0.4, 0.5) is 5.69 Å². The molecule has 0 unspecified atom stereocenters. The maximum Gasteiger partial charge on any atom is 0.244 e. The smallest absolute Gasteiger partial charge is 0.244 e. The Morgan fingerprint density at radius 2 is 1.91 bits per heavy atom. The van der Waals surface area contributed by atoms with Gasteiger partial charge >= 0.3 is 0 Å². The summed E-state index contributed by atoms with van der Waals surface area (Å²) in [6.07, 6.45) is 0.880. The van der Waals surface area contributed by atoms with Crippen LogP contribution in [0.25, 0.3) is 10.7 Å². The van der Waals surface area contributed by atoms with Crippen LogP contribution in [0, 0.1) is 19.8 Å². The van der Waals surface area contributed by atoms with Crippen molar-refractivity contribution in [3.63, 3.8) is 0 Å². The number of piperidine rings is 1. The minimum atomic E-state index is -3.69. The third-order valence-electron chi connectivity index (χ3n) is 5.70. The van der Waals surface area contributed by atoms with Gasteiger partial charge < -0.3 is 19.3 Å². The van der Waals surface area contributed by atoms with Gasteiger partial charge in [0.25, 0.3) is 0 Å². The summed E-state index contributed by atoms with van der Waals surface area (Å²) in [5, 5.41) is 6.77. The maximum absolute atomic E-state index is 13.3. The van der Waals surface area contributed by atoms with Crippen molar-refractivity contribution in [2.45, 2.75) is 31.6 Å². The van der Waals surface area contributed by atoms with Crippen molar-refractivity contribution in [2.75, 3.05) is 25.2 Å². The summed E-state index contributed by atoms with van der Waals surface area (Å²) < 4.78 is 43.6. The summed E-state index contributed by atoms with van der Waals surface area (Å²) in [6, 6.07) is 6.83. The fourth-order valence-electron chi connectivity index (χ4n) is 3.95. The Bertz CT molecular complexity index is 1310. The first kappa shape index (κ1) is 21.9. The van der Waals surface area contributed by atoms with Crippen molar-refractivity contribution >= 4 is 33.0 Å². The Labute approximate surface area is 194 Å². The molecule has 33 heavy (non-hydrogen) atoms. The number of amides is 1. The number of hydrogen-bond acceptors (Lipinski definition) is 9. The van der Waals surface area contributed by atoms with Crippen molar-refractivity contribution in [2.24, 2.45) is 5.92 Å². The predicted octanol–water partition coefficient (Wildman–Crippen LogP) is 3.18. The molecule has 0 radical (unpaired) electrons. The van der Waals surface area contributed by atoms with E-state index >= 15 is 0 Å². The number of ether oxygens (including phenoxy) is 2. The molecule has 0 bridgehead atoms. The second kappa shape index (κ2) is 8.43. The van der Waals surface area contributed by atoms with Crippen LogP contribution in [-0.4, -0.2) is 48.7 Å². The minimum Gasteiger partial charge on any atom is -0.454 e. The lowest BCUT2D eigenvalue weighted by molar-refractivity contribution is -0.120. The summed E-state index contributed by atoms with van der Waals surface area (Å²) >= 11 is 1.31. The fraction of sp³-hybridized carbons (Fsp3) is 0.381. The molecule has 1 amide bonds. The molecule has 2 aliphatic rings. The molecule has 4 heterocycles. The van der Waals surface area contributed by atoms with Crippen molar-refractivity contribution < 1.29 is 27.2 Å². The highest BCUT2D eigenvalue weighted by molar-refractivity contribution is 7.89. The van der Waals surface area contributed by atoms with E-state index in [0.717, 1.165) is 0 Å². The monoisotopic (exact) mass is 490 g/mol. The summed E-state index contributed by atoms with van der Waals surface area (Å²) in [6.45, 7) is 4.15. The molecular weight excluding hydrogens is 468 g/mol. The lowest BCUT2D eigenvalue weighted by Crippen LogP contribution is -2.41. The van der Waals surface area contributed by atoms with Gasteiger partial charge in [-0.2, -0.15) is 9.29 Å². The minimum absolute atomic E-state index is 0.132. The lowest BCUT2D eigenvalue weighted by Gasteiger charge is -2.30. The Balaban J connectivity index is 1.24. The Kier molecular flexibility index (Phi) is 5.59. The van der Waals surface area contributed by atoms with Gasteiger partial charge in [-0.05, 0) is 38.0 Å². The standard InChI is InChI=1S/C21H22N4O6S2/c1-12-19(10-18(32-12)20-22-13(2)31-24-20)33(27,28)25-7-5-14(6-8-25)21(26)23-15-3-4-16-17(9-15)30-11-29-16/h3-4,9-10,14H,5-8,11H2,1-2H3,(H,23,26). The van der Waals surface area contributed by atoms with Gasteiger partial charge in [-0.3, -0.25) is 4.79 Å². The van der Waals surface area contributed by atoms with Gasteiger partial charge in [0.2, 0.25) is 34.4 Å². The molecule has 2 aromatic heterocycles. The van der Waals surface area contributed by atoms with Crippen LogP contribution < -0.4 is 14.8 Å². The normalized spacial score (nSPS) is 16.8. The zero-order valence-corrected chi connectivity index (χ0v) is 19.7. The number of aromatic nitrogens is 2. The molecule has 5 rings (SSSR count). The van der Waals surface area contributed by atoms with Crippen LogP contribution in [0.2, 0.25) is 0 Å². The molecule has 1 fully saturated rings. The second-order valence-corrected chi connectivity index (χ2v) is 11.1. The Morgan fingerprint density at radius 3 is 2.64 bits per heavy atom. The van der Waals surface area contributed by atoms with Crippen LogP contribution in [0.1, 0.15) is 23.6 Å². The molecule has 0 aliphatic carbocycles. The van der Waals surface area contributed by atoms with Gasteiger partial charge in [0, 0.05) is 42.6 Å². The predicted molar refractivity (Wildman–Crippen MR) is 120 cm³/mol. The van der Waals surface area contributed by atoms with Gasteiger partial charge in [-0.15, -0.1) is 11.3 Å². The number of hydrogen-bond donors (Lipinski definition) is 1. The number of aryl methyl sites for hydroxylation is 2. The molecule has 12 heteroatoms. The van der Waals surface area contributed by atoms with E-state index in [-0.39, 0.29) is 36.6 Å². The summed E-state index contributed by atoms with van der Waals surface area (Å²) in [5.41, 5.74) is 0.623. The third-order valence-corrected chi connectivity index (χ3v) is 8.90. The molecule has 0 saturated carbocycles. The number of thiophene rings is 1. The van der Waals surface area contributed by atoms with Crippen LogP contribution in [-0.2, 0) is 14.8 Å². The van der Waals surface area contributed by atoms with Gasteiger partial charge in [0.05, 0.1) is 9.77 Å². The van der Waals surface area contributed by atoms with E-state index < -0.39 is 10.0 Å². The first-order chi connectivity index (χ1) is 15.8. The number of rotatable bonds is 5. The van der Waals surface area contributed by atoms with Crippen molar-refractivity contribution in [3.05, 3.63) is 35.0 Å². The molecule has 3 aromatic rings. The van der Waals surface area contributed by atoms with Crippen LogP contribution in [0.15, 0.2) is 33.7 Å². The number of sulfonamides is 1. The van der Waals surface area contributed by atoms with Crippen molar-refractivity contribution in [1.29, 1.82) is 0 Å². The van der Waals surface area contributed by atoms with Crippen molar-refractivity contribution in [1.82, 2.24) is 14.4 Å². The highest BCUT2D eigenvalue weighted by Gasteiger charge is 2.34. The Morgan fingerprint density at radius 1 is 1.15 bits per heavy atom. The number of carbonyl (C=O) groups is 1. The number of nitrogens with zero attached hydrogens (tertiary/aromatic N) is 3. The van der Waals surface area contributed by atoms with Gasteiger partial charge in [0.1, 0.15) is 0 Å². The topological polar surface area (TPSA) is 124 Å². The van der Waals surface area contributed by atoms with Gasteiger partial charge in [-0.25, -0.2) is 8.42 Å². The summed E-state index contributed by atoms with van der Waals surface area (Å²) in [7, 11) is -3.69. The average Bonchev–Trinajstić information content (AvgIpc) is 3.53. The van der Waals surface area contributed by atoms with E-state index in [9.17, 15) is 13.2 Å². The quantitative estimate of drug-likeness (QED) is 0.578. The molecule has 1 N–H and O–H groups in total. The molecule has 174 valence electrons. The van der Waals surface area contributed by atoms with Gasteiger partial charge in [-0.1, -0.05) is 5.16 Å². The number of anilines is 1. The first-order valence-corrected chi connectivity index (χ1v) is 12.7. The van der Waals surface area contributed by atoms with E-state index in [1.165, 1.54) is 15.6 Å². The van der Waals surface area contributed by atoms with E-state index in [0.29, 0.717) is 51.5 Å². The van der Waals surface area contributed by atoms with Crippen molar-refractivity contribution in [3.8, 4) is 22.2 Å². The Hall–Kier alpha value is -2.96.